The lowest BCUT2D eigenvalue weighted by Gasteiger charge is -2.19. The van der Waals surface area contributed by atoms with Crippen LogP contribution in [0.15, 0.2) is 41.3 Å². The highest BCUT2D eigenvalue weighted by Gasteiger charge is 2.27. The fourth-order valence-corrected chi connectivity index (χ4v) is 4.28. The normalized spacial score (nSPS) is 13.8. The van der Waals surface area contributed by atoms with Crippen LogP contribution in [0, 0.1) is 12.8 Å². The summed E-state index contributed by atoms with van der Waals surface area (Å²) >= 11 is 6.04. The van der Waals surface area contributed by atoms with Crippen LogP contribution in [-0.2, 0) is 21.2 Å². The number of amides is 1. The lowest BCUT2D eigenvalue weighted by Crippen LogP contribution is -2.32. The first-order chi connectivity index (χ1) is 12.2. The molecule has 0 spiro atoms. The van der Waals surface area contributed by atoms with E-state index in [1.54, 1.807) is 29.2 Å². The molecule has 1 aliphatic heterocycles. The highest BCUT2D eigenvalue weighted by atomic mass is 35.5. The van der Waals surface area contributed by atoms with Crippen LogP contribution in [0.1, 0.15) is 25.0 Å². The number of benzene rings is 2. The second-order valence-electron chi connectivity index (χ2n) is 6.75. The number of nitrogens with zero attached hydrogens (tertiary/aromatic N) is 1. The fraction of sp³-hybridized carbons (Fsp3) is 0.316. The summed E-state index contributed by atoms with van der Waals surface area (Å²) in [5.41, 5.74) is 3.10. The predicted molar refractivity (Wildman–Crippen MR) is 104 cm³/mol. The topological polar surface area (TPSA) is 66.5 Å². The zero-order valence-corrected chi connectivity index (χ0v) is 16.5. The molecule has 0 saturated heterocycles. The summed E-state index contributed by atoms with van der Waals surface area (Å²) in [7, 11) is -3.73. The number of aryl methyl sites for hydroxylation is 1. The molecule has 2 aromatic carbocycles. The molecule has 0 aromatic heterocycles. The molecule has 0 unspecified atom stereocenters. The minimum Gasteiger partial charge on any atom is -0.312 e. The molecule has 1 amide bonds. The van der Waals surface area contributed by atoms with Gasteiger partial charge in [0.1, 0.15) is 0 Å². The Morgan fingerprint density at radius 1 is 1.19 bits per heavy atom. The van der Waals surface area contributed by atoms with Crippen molar-refractivity contribution in [3.63, 3.8) is 0 Å². The number of anilines is 2. The van der Waals surface area contributed by atoms with Crippen molar-refractivity contribution in [2.24, 2.45) is 5.92 Å². The van der Waals surface area contributed by atoms with E-state index in [0.717, 1.165) is 16.8 Å². The second kappa shape index (κ2) is 6.93. The minimum absolute atomic E-state index is 0.0753. The van der Waals surface area contributed by atoms with Crippen LogP contribution in [0.4, 0.5) is 11.4 Å². The number of fused-ring (bicyclic) bond motifs is 1. The Kier molecular flexibility index (Phi) is 4.99. The number of hydrogen-bond donors (Lipinski definition) is 1. The summed E-state index contributed by atoms with van der Waals surface area (Å²) in [5.74, 6) is -0.00297. The maximum atomic E-state index is 12.6. The maximum absolute atomic E-state index is 12.6. The molecular weight excluding hydrogens is 372 g/mol. The number of nitrogens with one attached hydrogen (secondary N) is 1. The molecule has 1 aliphatic rings. The Bertz CT molecular complexity index is 971. The molecule has 26 heavy (non-hydrogen) atoms. The van der Waals surface area contributed by atoms with Gasteiger partial charge < -0.3 is 4.90 Å². The van der Waals surface area contributed by atoms with Gasteiger partial charge in [0.25, 0.3) is 10.0 Å². The number of hydrogen-bond acceptors (Lipinski definition) is 3. The number of halogens is 1. The average Bonchev–Trinajstić information content (AvgIpc) is 2.99. The van der Waals surface area contributed by atoms with E-state index in [1.807, 2.05) is 20.8 Å². The smallest absolute Gasteiger partial charge is 0.261 e. The molecule has 2 aromatic rings. The van der Waals surface area contributed by atoms with Crippen LogP contribution in [0.3, 0.4) is 0 Å². The van der Waals surface area contributed by atoms with E-state index in [0.29, 0.717) is 23.7 Å². The van der Waals surface area contributed by atoms with Crippen molar-refractivity contribution in [3.05, 3.63) is 52.5 Å². The Labute approximate surface area is 159 Å². The molecule has 1 N–H and O–H groups in total. The van der Waals surface area contributed by atoms with Crippen LogP contribution < -0.4 is 9.62 Å². The van der Waals surface area contributed by atoms with Crippen LogP contribution >= 0.6 is 11.6 Å². The molecule has 0 saturated carbocycles. The third-order valence-corrected chi connectivity index (χ3v) is 6.23. The van der Waals surface area contributed by atoms with Crippen LogP contribution in [0.5, 0.6) is 0 Å². The summed E-state index contributed by atoms with van der Waals surface area (Å²) in [6.45, 7) is 6.18. The second-order valence-corrected chi connectivity index (χ2v) is 8.84. The number of sulfonamides is 1. The molecule has 1 heterocycles. The minimum atomic E-state index is -3.73. The summed E-state index contributed by atoms with van der Waals surface area (Å²) < 4.78 is 27.8. The van der Waals surface area contributed by atoms with Crippen LogP contribution in [0.2, 0.25) is 5.02 Å². The molecular formula is C19H21ClN2O3S. The van der Waals surface area contributed by atoms with Crippen molar-refractivity contribution < 1.29 is 13.2 Å². The monoisotopic (exact) mass is 392 g/mol. The molecule has 138 valence electrons. The van der Waals surface area contributed by atoms with Gasteiger partial charge in [-0.1, -0.05) is 31.5 Å². The van der Waals surface area contributed by atoms with Gasteiger partial charge in [-0.25, -0.2) is 8.42 Å². The van der Waals surface area contributed by atoms with E-state index in [2.05, 4.69) is 4.72 Å². The molecule has 0 aliphatic carbocycles. The van der Waals surface area contributed by atoms with Crippen molar-refractivity contribution in [1.29, 1.82) is 0 Å². The molecule has 0 atom stereocenters. The van der Waals surface area contributed by atoms with E-state index < -0.39 is 10.0 Å². The Morgan fingerprint density at radius 2 is 1.92 bits per heavy atom. The fourth-order valence-electron chi connectivity index (χ4n) is 2.96. The predicted octanol–water partition coefficient (Wildman–Crippen LogP) is 3.99. The van der Waals surface area contributed by atoms with Gasteiger partial charge in [0, 0.05) is 28.9 Å². The zero-order valence-electron chi connectivity index (χ0n) is 14.9. The number of rotatable bonds is 4. The van der Waals surface area contributed by atoms with E-state index in [9.17, 15) is 13.2 Å². The molecule has 3 rings (SSSR count). The molecule has 7 heteroatoms. The van der Waals surface area contributed by atoms with E-state index >= 15 is 0 Å². The van der Waals surface area contributed by atoms with Gasteiger partial charge in [-0.15, -0.1) is 0 Å². The quantitative estimate of drug-likeness (QED) is 0.855. The third-order valence-electron chi connectivity index (χ3n) is 4.44. The Hall–Kier alpha value is -2.05. The standard InChI is InChI=1S/C19H21ClN2O3S/c1-12(2)19(23)22-9-8-14-10-15(5-7-18(14)22)21-26(24,25)16-6-4-13(3)17(20)11-16/h4-7,10-12,21H,8-9H2,1-3H3. The first-order valence-electron chi connectivity index (χ1n) is 8.42. The summed E-state index contributed by atoms with van der Waals surface area (Å²) in [6, 6.07) is 9.90. The SMILES string of the molecule is Cc1ccc(S(=O)(=O)Nc2ccc3c(c2)CCN3C(=O)C(C)C)cc1Cl. The van der Waals surface area contributed by atoms with Crippen molar-refractivity contribution >= 4 is 38.9 Å². The first-order valence-corrected chi connectivity index (χ1v) is 10.3. The van der Waals surface area contributed by atoms with Crippen molar-refractivity contribution in [2.45, 2.75) is 32.1 Å². The van der Waals surface area contributed by atoms with Gasteiger partial charge in [0.2, 0.25) is 5.91 Å². The van der Waals surface area contributed by atoms with Crippen LogP contribution in [-0.4, -0.2) is 20.9 Å². The van der Waals surface area contributed by atoms with Crippen molar-refractivity contribution in [1.82, 2.24) is 0 Å². The Morgan fingerprint density at radius 3 is 2.58 bits per heavy atom. The number of carbonyl (C=O) groups excluding carboxylic acids is 1. The maximum Gasteiger partial charge on any atom is 0.261 e. The van der Waals surface area contributed by atoms with E-state index in [-0.39, 0.29) is 16.7 Å². The highest BCUT2D eigenvalue weighted by Crippen LogP contribution is 2.32. The zero-order chi connectivity index (χ0) is 19.1. The van der Waals surface area contributed by atoms with Gasteiger partial charge in [-0.3, -0.25) is 9.52 Å². The summed E-state index contributed by atoms with van der Waals surface area (Å²) in [5, 5.41) is 0.407. The molecule has 5 nitrogen and oxygen atoms in total. The molecule has 0 bridgehead atoms. The van der Waals surface area contributed by atoms with Gasteiger partial charge >= 0.3 is 0 Å². The van der Waals surface area contributed by atoms with Crippen molar-refractivity contribution in [3.8, 4) is 0 Å². The highest BCUT2D eigenvalue weighted by molar-refractivity contribution is 7.92. The molecule has 0 radical (unpaired) electrons. The third kappa shape index (κ3) is 3.57. The van der Waals surface area contributed by atoms with Gasteiger partial charge in [-0.2, -0.15) is 0 Å². The summed E-state index contributed by atoms with van der Waals surface area (Å²) in [6.07, 6.45) is 0.708. The lowest BCUT2D eigenvalue weighted by molar-refractivity contribution is -0.121. The van der Waals surface area contributed by atoms with Crippen molar-refractivity contribution in [2.75, 3.05) is 16.2 Å². The Balaban J connectivity index is 1.86. The first kappa shape index (κ1) is 18.7. The summed E-state index contributed by atoms with van der Waals surface area (Å²) in [4.78, 5) is 14.1. The van der Waals surface area contributed by atoms with Gasteiger partial charge in [-0.05, 0) is 54.8 Å². The lowest BCUT2D eigenvalue weighted by atomic mass is 10.1. The van der Waals surface area contributed by atoms with Gasteiger partial charge in [0.05, 0.1) is 4.90 Å². The largest absolute Gasteiger partial charge is 0.312 e. The van der Waals surface area contributed by atoms with E-state index in [1.165, 1.54) is 12.1 Å². The number of carbonyl (C=O) groups is 1. The molecule has 0 fully saturated rings. The average molecular weight is 393 g/mol. The van der Waals surface area contributed by atoms with Gasteiger partial charge in [0.15, 0.2) is 0 Å². The van der Waals surface area contributed by atoms with E-state index in [4.69, 9.17) is 11.6 Å². The van der Waals surface area contributed by atoms with Crippen LogP contribution in [0.25, 0.3) is 0 Å².